The van der Waals surface area contributed by atoms with Crippen LogP contribution in [0.2, 0.25) is 0 Å². The largest absolute Gasteiger partial charge is 0.497 e. The molecule has 0 spiro atoms. The summed E-state index contributed by atoms with van der Waals surface area (Å²) < 4.78 is 6.96. The van der Waals surface area contributed by atoms with Crippen LogP contribution in [0.15, 0.2) is 24.3 Å². The number of ether oxygens (including phenoxy) is 1. The molecule has 0 aliphatic carbocycles. The smallest absolute Gasteiger partial charge is 0.230 e. The number of hydrogen-bond acceptors (Lipinski definition) is 6. The van der Waals surface area contributed by atoms with E-state index in [9.17, 15) is 5.11 Å². The van der Waals surface area contributed by atoms with Crippen molar-refractivity contribution in [2.75, 3.05) is 20.2 Å². The summed E-state index contributed by atoms with van der Waals surface area (Å²) in [7, 11) is 1.68. The predicted molar refractivity (Wildman–Crippen MR) is 97.5 cm³/mol. The van der Waals surface area contributed by atoms with Crippen LogP contribution in [0.1, 0.15) is 41.6 Å². The highest BCUT2D eigenvalue weighted by Gasteiger charge is 2.30. The Kier molecular flexibility index (Phi) is 4.35. The van der Waals surface area contributed by atoms with E-state index in [-0.39, 0.29) is 11.9 Å². The molecule has 3 aromatic rings. The molecule has 1 aliphatic rings. The summed E-state index contributed by atoms with van der Waals surface area (Å²) in [5.74, 6) is 1.69. The molecule has 25 heavy (non-hydrogen) atoms. The Balaban J connectivity index is 1.83. The van der Waals surface area contributed by atoms with Crippen molar-refractivity contribution in [3.05, 3.63) is 40.5 Å². The highest BCUT2D eigenvalue weighted by Crippen LogP contribution is 2.41. The Morgan fingerprint density at radius 2 is 2.04 bits per heavy atom. The van der Waals surface area contributed by atoms with Crippen LogP contribution in [0.5, 0.6) is 11.6 Å². The number of hydrogen-bond donors (Lipinski definition) is 1. The second-order valence-corrected chi connectivity index (χ2v) is 7.43. The summed E-state index contributed by atoms with van der Waals surface area (Å²) in [6.45, 7) is 3.88. The molecule has 1 aromatic carbocycles. The van der Waals surface area contributed by atoms with Gasteiger partial charge >= 0.3 is 0 Å². The van der Waals surface area contributed by atoms with Gasteiger partial charge in [0.05, 0.1) is 18.0 Å². The number of aromatic nitrogens is 3. The minimum Gasteiger partial charge on any atom is -0.497 e. The fourth-order valence-electron chi connectivity index (χ4n) is 3.54. The van der Waals surface area contributed by atoms with Crippen LogP contribution in [0, 0.1) is 6.92 Å². The maximum Gasteiger partial charge on any atom is 0.230 e. The highest BCUT2D eigenvalue weighted by molar-refractivity contribution is 7.17. The summed E-state index contributed by atoms with van der Waals surface area (Å²) in [6.07, 6.45) is 3.63. The first kappa shape index (κ1) is 16.4. The van der Waals surface area contributed by atoms with Crippen LogP contribution < -0.4 is 4.74 Å². The summed E-state index contributed by atoms with van der Waals surface area (Å²) >= 11 is 1.51. The summed E-state index contributed by atoms with van der Waals surface area (Å²) in [4.78, 5) is 8.48. The fraction of sp³-hybridized carbons (Fsp3) is 0.444. The Morgan fingerprint density at radius 3 is 2.76 bits per heavy atom. The average molecular weight is 358 g/mol. The topological polar surface area (TPSA) is 62.9 Å². The molecule has 2 aromatic heterocycles. The molecule has 132 valence electrons. The Labute approximate surface area is 150 Å². The van der Waals surface area contributed by atoms with E-state index in [0.717, 1.165) is 34.2 Å². The van der Waals surface area contributed by atoms with Crippen molar-refractivity contribution in [3.8, 4) is 11.6 Å². The fourth-order valence-corrected chi connectivity index (χ4v) is 4.71. The van der Waals surface area contributed by atoms with Gasteiger partial charge in [-0.15, -0.1) is 5.10 Å². The number of rotatable bonds is 4. The monoisotopic (exact) mass is 358 g/mol. The van der Waals surface area contributed by atoms with Gasteiger partial charge in [0.25, 0.3) is 0 Å². The molecule has 7 heteroatoms. The number of nitrogens with zero attached hydrogens (tertiary/aromatic N) is 4. The molecule has 0 radical (unpaired) electrons. The van der Waals surface area contributed by atoms with Crippen molar-refractivity contribution in [1.29, 1.82) is 0 Å². The van der Waals surface area contributed by atoms with Crippen LogP contribution in [-0.4, -0.2) is 44.8 Å². The van der Waals surface area contributed by atoms with Crippen molar-refractivity contribution in [1.82, 2.24) is 19.5 Å². The van der Waals surface area contributed by atoms with Gasteiger partial charge in [-0.3, -0.25) is 4.90 Å². The molecule has 1 atom stereocenters. The van der Waals surface area contributed by atoms with Gasteiger partial charge in [-0.2, -0.15) is 4.52 Å². The average Bonchev–Trinajstić information content (AvgIpc) is 3.14. The van der Waals surface area contributed by atoms with E-state index in [1.54, 1.807) is 11.6 Å². The zero-order valence-corrected chi connectivity index (χ0v) is 15.3. The van der Waals surface area contributed by atoms with E-state index < -0.39 is 0 Å². The van der Waals surface area contributed by atoms with Gasteiger partial charge in [-0.05, 0) is 50.6 Å². The van der Waals surface area contributed by atoms with Crippen molar-refractivity contribution in [2.24, 2.45) is 0 Å². The van der Waals surface area contributed by atoms with E-state index in [1.165, 1.54) is 30.6 Å². The molecule has 1 N–H and O–H groups in total. The molecule has 1 saturated heterocycles. The highest BCUT2D eigenvalue weighted by atomic mass is 32.1. The SMILES string of the molecule is COc1cccc(C(c2sc3nc(C)nn3c2O)N2CCCCC2)c1. The molecule has 1 fully saturated rings. The Hall–Kier alpha value is -2.12. The standard InChI is InChI=1S/C18H22N4O2S/c1-12-19-18-22(20-12)17(23)16(25-18)15(21-9-4-3-5-10-21)13-7-6-8-14(11-13)24-2/h6-8,11,15,23H,3-5,9-10H2,1-2H3. The first-order chi connectivity index (χ1) is 12.2. The van der Waals surface area contributed by atoms with E-state index >= 15 is 0 Å². The lowest BCUT2D eigenvalue weighted by Gasteiger charge is -2.34. The molecule has 0 saturated carbocycles. The number of aromatic hydroxyl groups is 1. The van der Waals surface area contributed by atoms with Crippen molar-refractivity contribution in [3.63, 3.8) is 0 Å². The lowest BCUT2D eigenvalue weighted by atomic mass is 10.00. The molecule has 1 aliphatic heterocycles. The van der Waals surface area contributed by atoms with Crippen molar-refractivity contribution < 1.29 is 9.84 Å². The number of likely N-dealkylation sites (tertiary alicyclic amines) is 1. The second kappa shape index (κ2) is 6.65. The number of piperidine rings is 1. The first-order valence-corrected chi connectivity index (χ1v) is 9.42. The van der Waals surface area contributed by atoms with E-state index in [1.807, 2.05) is 19.1 Å². The predicted octanol–water partition coefficient (Wildman–Crippen LogP) is 3.39. The van der Waals surface area contributed by atoms with Crippen LogP contribution in [0.4, 0.5) is 0 Å². The van der Waals surface area contributed by atoms with Crippen LogP contribution in [-0.2, 0) is 0 Å². The maximum absolute atomic E-state index is 10.8. The number of fused-ring (bicyclic) bond motifs is 1. The summed E-state index contributed by atoms with van der Waals surface area (Å²) in [5.41, 5.74) is 1.12. The molecule has 1 unspecified atom stereocenters. The molecule has 0 amide bonds. The molecular formula is C18H22N4O2S. The van der Waals surface area contributed by atoms with E-state index in [4.69, 9.17) is 4.74 Å². The van der Waals surface area contributed by atoms with Crippen LogP contribution in [0.25, 0.3) is 4.96 Å². The summed E-state index contributed by atoms with van der Waals surface area (Å²) in [6, 6.07) is 8.10. The number of aryl methyl sites for hydroxylation is 1. The quantitative estimate of drug-likeness (QED) is 0.774. The molecular weight excluding hydrogens is 336 g/mol. The lowest BCUT2D eigenvalue weighted by molar-refractivity contribution is 0.186. The van der Waals surface area contributed by atoms with Gasteiger partial charge < -0.3 is 9.84 Å². The lowest BCUT2D eigenvalue weighted by Crippen LogP contribution is -2.34. The van der Waals surface area contributed by atoms with Crippen LogP contribution >= 0.6 is 11.3 Å². The Bertz CT molecular complexity index is 882. The van der Waals surface area contributed by atoms with Gasteiger partial charge in [-0.25, -0.2) is 4.98 Å². The number of benzene rings is 1. The Morgan fingerprint density at radius 1 is 1.24 bits per heavy atom. The minimum absolute atomic E-state index is 0.00999. The zero-order valence-electron chi connectivity index (χ0n) is 14.5. The van der Waals surface area contributed by atoms with Crippen molar-refractivity contribution >= 4 is 16.3 Å². The molecule has 0 bridgehead atoms. The number of thiazole rings is 1. The van der Waals surface area contributed by atoms with E-state index in [0.29, 0.717) is 5.82 Å². The third-order valence-corrected chi connectivity index (χ3v) is 5.79. The normalized spacial score (nSPS) is 17.0. The maximum atomic E-state index is 10.8. The van der Waals surface area contributed by atoms with Gasteiger partial charge in [0.1, 0.15) is 11.6 Å². The third kappa shape index (κ3) is 2.98. The second-order valence-electron chi connectivity index (χ2n) is 6.42. The van der Waals surface area contributed by atoms with Gasteiger partial charge in [0.15, 0.2) is 0 Å². The van der Waals surface area contributed by atoms with Crippen molar-refractivity contribution in [2.45, 2.75) is 32.2 Å². The molecule has 4 rings (SSSR count). The summed E-state index contributed by atoms with van der Waals surface area (Å²) in [5, 5.41) is 15.1. The van der Waals surface area contributed by atoms with E-state index in [2.05, 4.69) is 27.1 Å². The molecule has 6 nitrogen and oxygen atoms in total. The first-order valence-electron chi connectivity index (χ1n) is 8.60. The minimum atomic E-state index is -0.00999. The van der Waals surface area contributed by atoms with Gasteiger partial charge in [0.2, 0.25) is 10.8 Å². The number of methoxy groups -OCH3 is 1. The third-order valence-electron chi connectivity index (χ3n) is 4.72. The van der Waals surface area contributed by atoms with Crippen LogP contribution in [0.3, 0.4) is 0 Å². The van der Waals surface area contributed by atoms with Gasteiger partial charge in [-0.1, -0.05) is 29.9 Å². The van der Waals surface area contributed by atoms with Gasteiger partial charge in [0, 0.05) is 0 Å². The molecule has 3 heterocycles. The zero-order chi connectivity index (χ0) is 17.4.